The maximum Gasteiger partial charge on any atom is 0.337 e. The van der Waals surface area contributed by atoms with Crippen molar-refractivity contribution in [3.8, 4) is 17.2 Å². The summed E-state index contributed by atoms with van der Waals surface area (Å²) in [6.45, 7) is 1.25. The summed E-state index contributed by atoms with van der Waals surface area (Å²) in [5.74, 6) is 1.57. The number of benzene rings is 7. The summed E-state index contributed by atoms with van der Waals surface area (Å²) in [6, 6.07) is 45.5. The van der Waals surface area contributed by atoms with E-state index in [4.69, 9.17) is 25.7 Å². The number of nitrogens with one attached hydrogen (secondary N) is 3. The molecule has 0 spiro atoms. The number of nitrogens with two attached hydrogens (primary N) is 2. The molecule has 20 heteroatoms. The first-order valence-electron chi connectivity index (χ1n) is 23.0. The number of para-hydroxylation sites is 2. The van der Waals surface area contributed by atoms with E-state index in [1.807, 2.05) is 91.0 Å². The third-order valence-electron chi connectivity index (χ3n) is 11.0. The van der Waals surface area contributed by atoms with Gasteiger partial charge in [0, 0.05) is 24.2 Å². The predicted molar refractivity (Wildman–Crippen MR) is 304 cm³/mol. The molecule has 0 atom stereocenters. The number of anilines is 5. The van der Waals surface area contributed by atoms with Crippen LogP contribution in [0.25, 0.3) is 30.6 Å². The number of aldehydes is 1. The Balaban J connectivity index is 0.000000158. The second kappa shape index (κ2) is 26.7. The van der Waals surface area contributed by atoms with Crippen LogP contribution in [0, 0.1) is 0 Å². The van der Waals surface area contributed by atoms with E-state index in [9.17, 15) is 19.2 Å². The molecule has 0 aliphatic rings. The van der Waals surface area contributed by atoms with Crippen LogP contribution in [0.3, 0.4) is 0 Å². The second-order valence-electron chi connectivity index (χ2n) is 16.0. The van der Waals surface area contributed by atoms with Gasteiger partial charge in [-0.05, 0) is 114 Å². The molecule has 10 rings (SSSR count). The molecule has 1 amide bonds. The SMILES string of the molecule is COC(=O)c1ccc(C=O)cc1.COC(=O)c1ccc(CNc2nc3ccc(OC)cc3s2)cc1.COc1ccc2nc(N)sc2c1.COc1ccc2nc(NCc3ccc(C(=O)Nc4ccccc4N)cc3)sc2c1. The summed E-state index contributed by atoms with van der Waals surface area (Å²) >= 11 is 4.63. The first-order valence-corrected chi connectivity index (χ1v) is 25.5. The van der Waals surface area contributed by atoms with Gasteiger partial charge in [-0.25, -0.2) is 24.5 Å². The number of ether oxygens (including phenoxy) is 5. The molecule has 3 heterocycles. The number of hydrogen-bond acceptors (Lipinski definition) is 19. The Morgan fingerprint density at radius 1 is 0.513 bits per heavy atom. The van der Waals surface area contributed by atoms with Crippen LogP contribution in [0.2, 0.25) is 0 Å². The molecular formula is C56H52N8O9S3. The molecule has 7 aromatic carbocycles. The Morgan fingerprint density at radius 3 is 1.37 bits per heavy atom. The Kier molecular flexibility index (Phi) is 19.2. The normalized spacial score (nSPS) is 10.3. The average molecular weight is 1080 g/mol. The van der Waals surface area contributed by atoms with Gasteiger partial charge < -0.3 is 51.1 Å². The van der Waals surface area contributed by atoms with Crippen molar-refractivity contribution in [2.24, 2.45) is 0 Å². The lowest BCUT2D eigenvalue weighted by Crippen LogP contribution is -2.13. The molecule has 0 saturated carbocycles. The smallest absolute Gasteiger partial charge is 0.337 e. The van der Waals surface area contributed by atoms with Crippen LogP contribution in [0.4, 0.5) is 26.8 Å². The molecule has 10 aromatic rings. The highest BCUT2D eigenvalue weighted by atomic mass is 32.1. The fourth-order valence-electron chi connectivity index (χ4n) is 6.89. The number of nitrogen functional groups attached to an aromatic ring is 2. The van der Waals surface area contributed by atoms with Crippen LogP contribution in [0.1, 0.15) is 52.6 Å². The molecule has 388 valence electrons. The zero-order valence-electron chi connectivity index (χ0n) is 41.8. The molecule has 0 bridgehead atoms. The summed E-state index contributed by atoms with van der Waals surface area (Å²) in [7, 11) is 7.64. The number of thiazole rings is 3. The number of carbonyl (C=O) groups excluding carboxylic acids is 4. The summed E-state index contributed by atoms with van der Waals surface area (Å²) in [4.78, 5) is 58.2. The van der Waals surface area contributed by atoms with E-state index < -0.39 is 5.97 Å². The number of amides is 1. The summed E-state index contributed by atoms with van der Waals surface area (Å²) in [5.41, 5.74) is 19.6. The van der Waals surface area contributed by atoms with E-state index in [1.54, 1.807) is 105 Å². The monoisotopic (exact) mass is 1080 g/mol. The molecule has 0 aliphatic carbocycles. The molecule has 0 saturated heterocycles. The van der Waals surface area contributed by atoms with E-state index >= 15 is 0 Å². The topological polar surface area (TPSA) is 241 Å². The van der Waals surface area contributed by atoms with Gasteiger partial charge >= 0.3 is 11.9 Å². The van der Waals surface area contributed by atoms with E-state index in [0.717, 1.165) is 75.6 Å². The Hall–Kier alpha value is -9.11. The minimum Gasteiger partial charge on any atom is -0.497 e. The van der Waals surface area contributed by atoms with Gasteiger partial charge in [0.2, 0.25) is 0 Å². The van der Waals surface area contributed by atoms with Gasteiger partial charge in [0.25, 0.3) is 5.91 Å². The highest BCUT2D eigenvalue weighted by Crippen LogP contribution is 2.31. The van der Waals surface area contributed by atoms with E-state index in [2.05, 4.69) is 40.4 Å². The lowest BCUT2D eigenvalue weighted by Gasteiger charge is -2.08. The molecule has 0 unspecified atom stereocenters. The predicted octanol–water partition coefficient (Wildman–Crippen LogP) is 11.6. The summed E-state index contributed by atoms with van der Waals surface area (Å²) in [5, 5.41) is 11.8. The first-order chi connectivity index (χ1) is 36.9. The van der Waals surface area contributed by atoms with Crippen LogP contribution in [0.5, 0.6) is 17.2 Å². The van der Waals surface area contributed by atoms with Gasteiger partial charge in [-0.1, -0.05) is 82.5 Å². The third kappa shape index (κ3) is 15.0. The standard InChI is InChI=1S/C22H20N4O2S.C17H16N2O3S.C9H8O3.C8H8N2OS/c1-28-16-10-11-19-20(12-16)29-22(26-19)24-13-14-6-8-15(9-7-14)21(27)25-18-5-3-2-4-17(18)23;1-21-13-7-8-14-15(9-13)23-17(19-14)18-10-11-3-5-12(6-4-11)16(20)22-2;1-12-9(11)8-4-2-7(6-10)3-5-8;1-11-5-2-3-6-7(4-5)12-8(9)10-6/h2-12H,13,23H2,1H3,(H,24,26)(H,25,27);3-9H,10H2,1-2H3,(H,18,19);2-6H,1H3;2-4H,1H3,(H2,9,10). The molecule has 0 aliphatic heterocycles. The number of esters is 2. The molecule has 3 aromatic heterocycles. The fraction of sp³-hybridized carbons (Fsp3) is 0.125. The number of fused-ring (bicyclic) bond motifs is 3. The zero-order chi connectivity index (χ0) is 54.0. The van der Waals surface area contributed by atoms with Gasteiger partial charge in [-0.15, -0.1) is 0 Å². The van der Waals surface area contributed by atoms with E-state index in [-0.39, 0.29) is 11.9 Å². The number of aromatic nitrogens is 3. The van der Waals surface area contributed by atoms with Crippen LogP contribution in [-0.2, 0) is 22.6 Å². The Morgan fingerprint density at radius 2 is 0.934 bits per heavy atom. The average Bonchev–Trinajstić information content (AvgIpc) is 4.20. The van der Waals surface area contributed by atoms with Crippen molar-refractivity contribution in [3.63, 3.8) is 0 Å². The highest BCUT2D eigenvalue weighted by Gasteiger charge is 2.11. The highest BCUT2D eigenvalue weighted by molar-refractivity contribution is 7.22. The van der Waals surface area contributed by atoms with Crippen molar-refractivity contribution in [3.05, 3.63) is 185 Å². The second-order valence-corrected chi connectivity index (χ2v) is 19.1. The lowest BCUT2D eigenvalue weighted by molar-refractivity contribution is 0.0592. The maximum absolute atomic E-state index is 12.4. The van der Waals surface area contributed by atoms with Crippen molar-refractivity contribution in [1.82, 2.24) is 15.0 Å². The third-order valence-corrected chi connectivity index (χ3v) is 13.8. The quantitative estimate of drug-likeness (QED) is 0.0386. The number of rotatable bonds is 14. The van der Waals surface area contributed by atoms with Crippen molar-refractivity contribution < 1.29 is 42.9 Å². The summed E-state index contributed by atoms with van der Waals surface area (Å²) < 4.78 is 27.9. The minimum atomic E-state index is -0.396. The van der Waals surface area contributed by atoms with Gasteiger partial charge in [0.1, 0.15) is 23.5 Å². The number of methoxy groups -OCH3 is 5. The van der Waals surface area contributed by atoms with Crippen LogP contribution >= 0.6 is 34.0 Å². The largest absolute Gasteiger partial charge is 0.497 e. The molecule has 17 nitrogen and oxygen atoms in total. The van der Waals surface area contributed by atoms with Gasteiger partial charge in [0.15, 0.2) is 15.4 Å². The van der Waals surface area contributed by atoms with Crippen molar-refractivity contribution in [2.75, 3.05) is 63.0 Å². The van der Waals surface area contributed by atoms with Gasteiger partial charge in [-0.2, -0.15) is 0 Å². The molecule has 76 heavy (non-hydrogen) atoms. The molecule has 7 N–H and O–H groups in total. The van der Waals surface area contributed by atoms with E-state index in [1.165, 1.54) is 25.6 Å². The Bertz CT molecular complexity index is 3570. The first kappa shape index (κ1) is 54.7. The van der Waals surface area contributed by atoms with Gasteiger partial charge in [-0.3, -0.25) is 9.59 Å². The molecular weight excluding hydrogens is 1020 g/mol. The van der Waals surface area contributed by atoms with Crippen LogP contribution in [-0.4, -0.2) is 74.6 Å². The maximum atomic E-state index is 12.4. The Labute approximate surface area is 449 Å². The fourth-order valence-corrected chi connectivity index (χ4v) is 9.43. The number of carbonyl (C=O) groups is 4. The van der Waals surface area contributed by atoms with Crippen LogP contribution in [0.15, 0.2) is 152 Å². The minimum absolute atomic E-state index is 0.192. The number of nitrogens with zero attached hydrogens (tertiary/aromatic N) is 3. The van der Waals surface area contributed by atoms with Crippen molar-refractivity contribution in [1.29, 1.82) is 0 Å². The summed E-state index contributed by atoms with van der Waals surface area (Å²) in [6.07, 6.45) is 0.723. The molecule has 0 radical (unpaired) electrons. The van der Waals surface area contributed by atoms with Crippen molar-refractivity contribution in [2.45, 2.75) is 13.1 Å². The van der Waals surface area contributed by atoms with E-state index in [0.29, 0.717) is 51.8 Å². The zero-order valence-corrected chi connectivity index (χ0v) is 44.3. The molecule has 0 fully saturated rings. The number of hydrogen-bond donors (Lipinski definition) is 5. The van der Waals surface area contributed by atoms with Crippen LogP contribution < -0.4 is 41.6 Å². The van der Waals surface area contributed by atoms with Gasteiger partial charge in [0.05, 0.1) is 88.7 Å². The van der Waals surface area contributed by atoms with Crippen molar-refractivity contribution >= 4 is 116 Å². The lowest BCUT2D eigenvalue weighted by atomic mass is 10.1.